The first kappa shape index (κ1) is 17.5. The average Bonchev–Trinajstić information content (AvgIpc) is 3.14. The maximum absolute atomic E-state index is 10.1. The van der Waals surface area contributed by atoms with E-state index in [-0.39, 0.29) is 5.75 Å². The zero-order chi connectivity index (χ0) is 19.3. The van der Waals surface area contributed by atoms with E-state index < -0.39 is 0 Å². The van der Waals surface area contributed by atoms with Crippen LogP contribution in [0.3, 0.4) is 0 Å². The number of fused-ring (bicyclic) bond motifs is 1. The van der Waals surface area contributed by atoms with Crippen LogP contribution in [0.4, 0.5) is 5.82 Å². The fourth-order valence-corrected chi connectivity index (χ4v) is 2.83. The van der Waals surface area contributed by atoms with Crippen LogP contribution in [0.25, 0.3) is 11.2 Å². The number of rotatable bonds is 6. The number of anilines is 1. The molecule has 4 aromatic rings. The number of nitrogens with zero attached hydrogens (tertiary/aromatic N) is 5. The Kier molecular flexibility index (Phi) is 4.83. The Balaban J connectivity index is 1.57. The summed E-state index contributed by atoms with van der Waals surface area (Å²) in [5, 5.41) is 14.3. The van der Waals surface area contributed by atoms with Crippen molar-refractivity contribution in [1.82, 2.24) is 19.5 Å². The molecule has 0 atom stereocenters. The second-order valence-corrected chi connectivity index (χ2v) is 6.02. The Bertz CT molecular complexity index is 1120. The number of methoxy groups -OCH3 is 1. The van der Waals surface area contributed by atoms with Crippen molar-refractivity contribution in [2.75, 3.05) is 12.5 Å². The predicted molar refractivity (Wildman–Crippen MR) is 107 cm³/mol. The second-order valence-electron chi connectivity index (χ2n) is 6.02. The van der Waals surface area contributed by atoms with Gasteiger partial charge in [0.25, 0.3) is 0 Å². The molecule has 0 aliphatic carbocycles. The molecule has 2 aromatic heterocycles. The first-order valence-corrected chi connectivity index (χ1v) is 8.61. The molecular weight excluding hydrogens is 356 g/mol. The molecule has 0 aliphatic rings. The summed E-state index contributed by atoms with van der Waals surface area (Å²) in [5.74, 6) is 0.888. The third kappa shape index (κ3) is 3.48. The summed E-state index contributed by atoms with van der Waals surface area (Å²) >= 11 is 0. The van der Waals surface area contributed by atoms with Crippen molar-refractivity contribution in [3.8, 4) is 11.5 Å². The summed E-state index contributed by atoms with van der Waals surface area (Å²) in [6.45, 7) is 0.661. The molecule has 0 saturated carbocycles. The van der Waals surface area contributed by atoms with Crippen molar-refractivity contribution in [3.05, 3.63) is 72.3 Å². The van der Waals surface area contributed by atoms with Gasteiger partial charge in [-0.15, -0.1) is 0 Å². The number of hydrazone groups is 1. The summed E-state index contributed by atoms with van der Waals surface area (Å²) in [4.78, 5) is 13.0. The van der Waals surface area contributed by atoms with Crippen LogP contribution in [0, 0.1) is 0 Å². The number of hydrogen-bond donors (Lipinski definition) is 2. The van der Waals surface area contributed by atoms with Gasteiger partial charge in [0.2, 0.25) is 0 Å². The Hall–Kier alpha value is -3.94. The quantitative estimate of drug-likeness (QED) is 0.398. The van der Waals surface area contributed by atoms with Gasteiger partial charge in [0, 0.05) is 5.56 Å². The first-order chi connectivity index (χ1) is 13.8. The molecular formula is C20H18N6O2. The van der Waals surface area contributed by atoms with Crippen molar-refractivity contribution >= 4 is 23.2 Å². The van der Waals surface area contributed by atoms with E-state index in [4.69, 9.17) is 4.74 Å². The lowest BCUT2D eigenvalue weighted by atomic mass is 10.2. The number of aromatic nitrogens is 4. The van der Waals surface area contributed by atoms with Crippen LogP contribution in [0.5, 0.6) is 11.5 Å². The first-order valence-electron chi connectivity index (χ1n) is 8.61. The van der Waals surface area contributed by atoms with Crippen molar-refractivity contribution in [2.24, 2.45) is 5.10 Å². The van der Waals surface area contributed by atoms with Crippen LogP contribution in [-0.4, -0.2) is 37.9 Å². The topological polar surface area (TPSA) is 97.5 Å². The Morgan fingerprint density at radius 2 is 1.96 bits per heavy atom. The third-order valence-electron chi connectivity index (χ3n) is 4.22. The number of ether oxygens (including phenoxy) is 1. The van der Waals surface area contributed by atoms with Crippen LogP contribution in [-0.2, 0) is 6.54 Å². The van der Waals surface area contributed by atoms with Gasteiger partial charge in [0.05, 0.1) is 26.2 Å². The molecule has 0 amide bonds. The number of imidazole rings is 1. The van der Waals surface area contributed by atoms with E-state index in [0.29, 0.717) is 34.8 Å². The van der Waals surface area contributed by atoms with E-state index in [2.05, 4.69) is 37.6 Å². The number of phenolic OH excluding ortho intramolecular Hbond substituents is 1. The number of aromatic hydroxyl groups is 1. The maximum atomic E-state index is 10.1. The van der Waals surface area contributed by atoms with Crippen LogP contribution in [0.1, 0.15) is 11.1 Å². The van der Waals surface area contributed by atoms with Gasteiger partial charge >= 0.3 is 0 Å². The number of nitrogens with one attached hydrogen (secondary N) is 1. The van der Waals surface area contributed by atoms with Gasteiger partial charge in [-0.05, 0) is 17.7 Å². The average molecular weight is 374 g/mol. The molecule has 2 N–H and O–H groups in total. The molecule has 0 radical (unpaired) electrons. The van der Waals surface area contributed by atoms with E-state index >= 15 is 0 Å². The van der Waals surface area contributed by atoms with Crippen molar-refractivity contribution < 1.29 is 9.84 Å². The van der Waals surface area contributed by atoms with Crippen LogP contribution in [0.15, 0.2) is 66.3 Å². The molecule has 2 heterocycles. The summed E-state index contributed by atoms with van der Waals surface area (Å²) in [7, 11) is 1.50. The summed E-state index contributed by atoms with van der Waals surface area (Å²) in [5.41, 5.74) is 5.87. The second kappa shape index (κ2) is 7.75. The van der Waals surface area contributed by atoms with E-state index in [1.54, 1.807) is 24.5 Å². The summed E-state index contributed by atoms with van der Waals surface area (Å²) in [6.07, 6.45) is 4.69. The van der Waals surface area contributed by atoms with Crippen LogP contribution in [0.2, 0.25) is 0 Å². The van der Waals surface area contributed by atoms with E-state index in [9.17, 15) is 5.11 Å². The smallest absolute Gasteiger partial charge is 0.177 e. The number of para-hydroxylation sites is 1. The highest BCUT2D eigenvalue weighted by molar-refractivity contribution is 5.87. The molecule has 140 valence electrons. The maximum Gasteiger partial charge on any atom is 0.177 e. The molecule has 2 aromatic carbocycles. The predicted octanol–water partition coefficient (Wildman–Crippen LogP) is 3.03. The minimum Gasteiger partial charge on any atom is -0.504 e. The molecule has 8 heteroatoms. The normalized spacial score (nSPS) is 11.2. The van der Waals surface area contributed by atoms with E-state index in [1.807, 2.05) is 22.8 Å². The molecule has 4 rings (SSSR count). The number of hydrogen-bond acceptors (Lipinski definition) is 7. The molecule has 28 heavy (non-hydrogen) atoms. The minimum atomic E-state index is 0.0236. The Morgan fingerprint density at radius 3 is 2.79 bits per heavy atom. The fourth-order valence-electron chi connectivity index (χ4n) is 2.83. The lowest BCUT2D eigenvalue weighted by Gasteiger charge is -2.05. The molecule has 8 nitrogen and oxygen atoms in total. The van der Waals surface area contributed by atoms with Gasteiger partial charge in [0.1, 0.15) is 6.33 Å². The molecule has 0 spiro atoms. The number of benzene rings is 2. The van der Waals surface area contributed by atoms with Crippen molar-refractivity contribution in [3.63, 3.8) is 0 Å². The van der Waals surface area contributed by atoms with Gasteiger partial charge in [0.15, 0.2) is 28.5 Å². The van der Waals surface area contributed by atoms with Crippen molar-refractivity contribution in [1.29, 1.82) is 0 Å². The molecule has 0 fully saturated rings. The molecule has 0 aliphatic heterocycles. The molecule has 0 saturated heterocycles. The van der Waals surface area contributed by atoms with Crippen LogP contribution < -0.4 is 10.2 Å². The zero-order valence-electron chi connectivity index (χ0n) is 15.1. The summed E-state index contributed by atoms with van der Waals surface area (Å²) < 4.78 is 7.05. The zero-order valence-corrected chi connectivity index (χ0v) is 15.1. The van der Waals surface area contributed by atoms with Gasteiger partial charge < -0.3 is 14.4 Å². The Morgan fingerprint density at radius 1 is 1.11 bits per heavy atom. The standard InChI is InChI=1S/C20H18N6O2/c1-28-16-9-5-8-15(18(16)27)10-24-25-19-17-20(22-12-21-19)26(13-23-17)11-14-6-3-2-4-7-14/h2-10,12-13,27H,11H2,1H3,(H,21,22,25). The summed E-state index contributed by atoms with van der Waals surface area (Å²) in [6, 6.07) is 15.3. The number of phenols is 1. The van der Waals surface area contributed by atoms with Crippen molar-refractivity contribution in [2.45, 2.75) is 6.54 Å². The van der Waals surface area contributed by atoms with Gasteiger partial charge in [-0.25, -0.2) is 15.0 Å². The highest BCUT2D eigenvalue weighted by Crippen LogP contribution is 2.28. The minimum absolute atomic E-state index is 0.0236. The lowest BCUT2D eigenvalue weighted by molar-refractivity contribution is 0.373. The van der Waals surface area contributed by atoms with Gasteiger partial charge in [-0.2, -0.15) is 5.10 Å². The SMILES string of the molecule is COc1cccc(C=NNc2ncnc3c2ncn3Cc2ccccc2)c1O. The lowest BCUT2D eigenvalue weighted by Crippen LogP contribution is -2.01. The van der Waals surface area contributed by atoms with Crippen LogP contribution >= 0.6 is 0 Å². The van der Waals surface area contributed by atoms with E-state index in [1.165, 1.54) is 19.7 Å². The van der Waals surface area contributed by atoms with Gasteiger partial charge in [-0.1, -0.05) is 36.4 Å². The highest BCUT2D eigenvalue weighted by Gasteiger charge is 2.10. The molecule has 0 unspecified atom stereocenters. The van der Waals surface area contributed by atoms with Gasteiger partial charge in [-0.3, -0.25) is 5.43 Å². The van der Waals surface area contributed by atoms with E-state index in [0.717, 1.165) is 5.56 Å². The monoisotopic (exact) mass is 374 g/mol. The third-order valence-corrected chi connectivity index (χ3v) is 4.22. The largest absolute Gasteiger partial charge is 0.504 e. The Labute approximate surface area is 161 Å². The highest BCUT2D eigenvalue weighted by atomic mass is 16.5. The molecule has 0 bridgehead atoms. The fraction of sp³-hybridized carbons (Fsp3) is 0.100.